The van der Waals surface area contributed by atoms with Gasteiger partial charge >= 0.3 is 0 Å². The molecule has 1 aromatic rings. The van der Waals surface area contributed by atoms with E-state index in [2.05, 4.69) is 5.32 Å². The Morgan fingerprint density at radius 3 is 2.70 bits per heavy atom. The van der Waals surface area contributed by atoms with Crippen LogP contribution in [0, 0.1) is 5.82 Å². The summed E-state index contributed by atoms with van der Waals surface area (Å²) in [5.41, 5.74) is 5.43. The van der Waals surface area contributed by atoms with Crippen LogP contribution >= 0.6 is 11.6 Å². The number of anilines is 1. The molecule has 1 amide bonds. The van der Waals surface area contributed by atoms with Gasteiger partial charge in [0.05, 0.1) is 11.6 Å². The summed E-state index contributed by atoms with van der Waals surface area (Å²) in [7, 11) is -4.21. The first-order chi connectivity index (χ1) is 9.27. The third-order valence-corrected chi connectivity index (χ3v) is 3.98. The molecule has 0 atom stereocenters. The van der Waals surface area contributed by atoms with Crippen molar-refractivity contribution in [2.24, 2.45) is 0 Å². The molecule has 20 heavy (non-hydrogen) atoms. The van der Waals surface area contributed by atoms with Gasteiger partial charge in [-0.15, -0.1) is 0 Å². The summed E-state index contributed by atoms with van der Waals surface area (Å²) < 4.78 is 39.5. The number of hydrogen-bond donors (Lipinski definition) is 3. The van der Waals surface area contributed by atoms with E-state index in [4.69, 9.17) is 17.3 Å². The van der Waals surface area contributed by atoms with E-state index in [-0.39, 0.29) is 5.69 Å². The van der Waals surface area contributed by atoms with Crippen LogP contribution in [0.5, 0.6) is 0 Å². The van der Waals surface area contributed by atoms with Crippen molar-refractivity contribution in [2.45, 2.75) is 18.2 Å². The molecule has 9 heteroatoms. The number of nitrogens with one attached hydrogen (secondary N) is 2. The highest BCUT2D eigenvalue weighted by atomic mass is 35.5. The molecule has 0 aliphatic heterocycles. The number of sulfonamides is 1. The summed E-state index contributed by atoms with van der Waals surface area (Å²) in [4.78, 5) is 10.6. The smallest absolute Gasteiger partial charge is 0.244 e. The lowest BCUT2D eigenvalue weighted by atomic mass is 10.3. The third kappa shape index (κ3) is 4.32. The largest absolute Gasteiger partial charge is 0.399 e. The highest BCUT2D eigenvalue weighted by Crippen LogP contribution is 2.25. The Balaban J connectivity index is 2.87. The van der Waals surface area contributed by atoms with Gasteiger partial charge in [-0.05, 0) is 18.6 Å². The minimum Gasteiger partial charge on any atom is -0.399 e. The normalized spacial score (nSPS) is 11.3. The molecule has 0 aliphatic rings. The molecule has 0 aromatic heterocycles. The summed E-state index contributed by atoms with van der Waals surface area (Å²) in [6, 6.07) is 2.04. The van der Waals surface area contributed by atoms with Gasteiger partial charge in [0.2, 0.25) is 15.9 Å². The Morgan fingerprint density at radius 1 is 1.45 bits per heavy atom. The maximum atomic E-state index is 13.7. The van der Waals surface area contributed by atoms with Crippen LogP contribution in [0.2, 0.25) is 5.02 Å². The maximum absolute atomic E-state index is 13.7. The molecule has 112 valence electrons. The summed E-state index contributed by atoms with van der Waals surface area (Å²) in [6.07, 6.45) is 0.720. The van der Waals surface area contributed by atoms with Crippen LogP contribution in [0.3, 0.4) is 0 Å². The quantitative estimate of drug-likeness (QED) is 0.676. The van der Waals surface area contributed by atoms with Crippen LogP contribution in [0.1, 0.15) is 13.3 Å². The van der Waals surface area contributed by atoms with E-state index in [1.54, 1.807) is 0 Å². The van der Waals surface area contributed by atoms with Gasteiger partial charge in [0.25, 0.3) is 0 Å². The van der Waals surface area contributed by atoms with Crippen LogP contribution in [0.4, 0.5) is 10.1 Å². The van der Waals surface area contributed by atoms with E-state index in [0.29, 0.717) is 6.54 Å². The Hall–Kier alpha value is -1.38. The molecule has 0 spiro atoms. The zero-order valence-electron chi connectivity index (χ0n) is 10.7. The predicted octanol–water partition coefficient (Wildman–Crippen LogP) is 0.866. The topological polar surface area (TPSA) is 101 Å². The lowest BCUT2D eigenvalue weighted by Gasteiger charge is -2.09. The standard InChI is InChI=1S/C11H15ClFN3O3S/c1-2-3-15-10(17)6-16-20(18,19)9-5-7(14)4-8(12)11(9)13/h4-5,16H,2-3,6,14H2,1H3,(H,15,17). The van der Waals surface area contributed by atoms with Crippen molar-refractivity contribution in [3.05, 3.63) is 23.0 Å². The first-order valence-corrected chi connectivity index (χ1v) is 7.65. The molecule has 1 rings (SSSR count). The number of benzene rings is 1. The number of nitrogens with two attached hydrogens (primary N) is 1. The number of carbonyl (C=O) groups excluding carboxylic acids is 1. The van der Waals surface area contributed by atoms with E-state index in [1.165, 1.54) is 0 Å². The third-order valence-electron chi connectivity index (χ3n) is 2.30. The number of rotatable bonds is 6. The monoisotopic (exact) mass is 323 g/mol. The number of hydrogen-bond acceptors (Lipinski definition) is 4. The van der Waals surface area contributed by atoms with Crippen molar-refractivity contribution in [2.75, 3.05) is 18.8 Å². The summed E-state index contributed by atoms with van der Waals surface area (Å²) in [6.45, 7) is 1.79. The average molecular weight is 324 g/mol. The van der Waals surface area contributed by atoms with Crippen LogP contribution in [0.15, 0.2) is 17.0 Å². The molecule has 0 heterocycles. The zero-order valence-corrected chi connectivity index (χ0v) is 12.3. The Kier molecular flexibility index (Phi) is 5.73. The number of carbonyl (C=O) groups is 1. The van der Waals surface area contributed by atoms with Gasteiger partial charge in [-0.25, -0.2) is 17.5 Å². The zero-order chi connectivity index (χ0) is 15.3. The molecule has 0 unspecified atom stereocenters. The van der Waals surface area contributed by atoms with Crippen molar-refractivity contribution in [1.29, 1.82) is 0 Å². The molecule has 0 aliphatic carbocycles. The van der Waals surface area contributed by atoms with Gasteiger partial charge in [-0.3, -0.25) is 4.79 Å². The SMILES string of the molecule is CCCNC(=O)CNS(=O)(=O)c1cc(N)cc(Cl)c1F. The van der Waals surface area contributed by atoms with Crippen molar-refractivity contribution >= 4 is 33.2 Å². The lowest BCUT2D eigenvalue weighted by molar-refractivity contribution is -0.119. The molecular weight excluding hydrogens is 309 g/mol. The minimum absolute atomic E-state index is 0.00668. The number of nitrogen functional groups attached to an aromatic ring is 1. The van der Waals surface area contributed by atoms with Gasteiger partial charge in [0.1, 0.15) is 4.90 Å². The van der Waals surface area contributed by atoms with E-state index < -0.39 is 38.2 Å². The van der Waals surface area contributed by atoms with Crippen LogP contribution in [-0.4, -0.2) is 27.4 Å². The van der Waals surface area contributed by atoms with Gasteiger partial charge in [0, 0.05) is 12.2 Å². The highest BCUT2D eigenvalue weighted by Gasteiger charge is 2.22. The fourth-order valence-electron chi connectivity index (χ4n) is 1.34. The Labute approximate surface area is 121 Å². The second-order valence-corrected chi connectivity index (χ2v) is 6.13. The molecule has 4 N–H and O–H groups in total. The first-order valence-electron chi connectivity index (χ1n) is 5.78. The van der Waals surface area contributed by atoms with Crippen LogP contribution < -0.4 is 15.8 Å². The van der Waals surface area contributed by atoms with Crippen molar-refractivity contribution in [3.63, 3.8) is 0 Å². The Bertz CT molecular complexity index is 607. The van der Waals surface area contributed by atoms with E-state index >= 15 is 0 Å². The molecule has 0 bridgehead atoms. The first kappa shape index (κ1) is 16.7. The molecule has 1 aromatic carbocycles. The fraction of sp³-hybridized carbons (Fsp3) is 0.364. The number of halogens is 2. The van der Waals surface area contributed by atoms with Crippen LogP contribution in [-0.2, 0) is 14.8 Å². The highest BCUT2D eigenvalue weighted by molar-refractivity contribution is 7.89. The minimum atomic E-state index is -4.21. The molecule has 0 radical (unpaired) electrons. The van der Waals surface area contributed by atoms with Crippen molar-refractivity contribution in [1.82, 2.24) is 10.0 Å². The van der Waals surface area contributed by atoms with Gasteiger partial charge < -0.3 is 11.1 Å². The number of amides is 1. The van der Waals surface area contributed by atoms with Gasteiger partial charge in [-0.2, -0.15) is 0 Å². The molecular formula is C11H15ClFN3O3S. The summed E-state index contributed by atoms with van der Waals surface area (Å²) in [5, 5.41) is 2.08. The fourth-order valence-corrected chi connectivity index (χ4v) is 2.74. The molecule has 0 saturated carbocycles. The molecule has 0 fully saturated rings. The summed E-state index contributed by atoms with van der Waals surface area (Å²) in [5.74, 6) is -1.62. The predicted molar refractivity (Wildman–Crippen MR) is 74.3 cm³/mol. The molecule has 6 nitrogen and oxygen atoms in total. The van der Waals surface area contributed by atoms with Crippen molar-refractivity contribution < 1.29 is 17.6 Å². The van der Waals surface area contributed by atoms with Gasteiger partial charge in [-0.1, -0.05) is 18.5 Å². The van der Waals surface area contributed by atoms with Gasteiger partial charge in [0.15, 0.2) is 5.82 Å². The van der Waals surface area contributed by atoms with Crippen molar-refractivity contribution in [3.8, 4) is 0 Å². The maximum Gasteiger partial charge on any atom is 0.244 e. The van der Waals surface area contributed by atoms with E-state index in [9.17, 15) is 17.6 Å². The Morgan fingerprint density at radius 2 is 2.10 bits per heavy atom. The van der Waals surface area contributed by atoms with E-state index in [0.717, 1.165) is 18.6 Å². The molecule has 0 saturated heterocycles. The second-order valence-electron chi connectivity index (χ2n) is 3.99. The lowest BCUT2D eigenvalue weighted by Crippen LogP contribution is -2.37. The summed E-state index contributed by atoms with van der Waals surface area (Å²) >= 11 is 5.53. The van der Waals surface area contributed by atoms with E-state index in [1.807, 2.05) is 11.6 Å². The van der Waals surface area contributed by atoms with Crippen LogP contribution in [0.25, 0.3) is 0 Å². The second kappa shape index (κ2) is 6.87. The average Bonchev–Trinajstić information content (AvgIpc) is 2.38.